The van der Waals surface area contributed by atoms with Gasteiger partial charge in [-0.1, -0.05) is 13.8 Å². The maximum Gasteiger partial charge on any atom is 0.302 e. The lowest BCUT2D eigenvalue weighted by Gasteiger charge is -2.07. The second kappa shape index (κ2) is 7.19. The molecule has 1 aromatic heterocycles. The van der Waals surface area contributed by atoms with Crippen molar-refractivity contribution in [2.45, 2.75) is 27.2 Å². The predicted molar refractivity (Wildman–Crippen MR) is 92.1 cm³/mol. The van der Waals surface area contributed by atoms with Gasteiger partial charge in [-0.2, -0.15) is 4.98 Å². The Morgan fingerprint density at radius 1 is 1.30 bits per heavy atom. The molecule has 1 aromatic carbocycles. The molecule has 2 amide bonds. The molecule has 0 unspecified atom stereocenters. The number of benzene rings is 1. The van der Waals surface area contributed by atoms with E-state index in [0.29, 0.717) is 23.2 Å². The van der Waals surface area contributed by atoms with E-state index in [-0.39, 0.29) is 28.9 Å². The molecule has 23 heavy (non-hydrogen) atoms. The number of nitrogens with zero attached hydrogens (tertiary/aromatic N) is 1. The SMILES string of the molecule is CC(=O)Nc1ccc2nc(NC(=S)NC(=O)CC(C)C)oc2c1. The molecule has 3 N–H and O–H groups in total. The minimum absolute atomic E-state index is 0.129. The number of hydrogen-bond donors (Lipinski definition) is 3. The van der Waals surface area contributed by atoms with Gasteiger partial charge < -0.3 is 15.1 Å². The number of aromatic nitrogens is 1. The van der Waals surface area contributed by atoms with Crippen LogP contribution in [0.15, 0.2) is 22.6 Å². The third-order valence-electron chi connectivity index (χ3n) is 2.78. The van der Waals surface area contributed by atoms with Crippen molar-refractivity contribution in [3.63, 3.8) is 0 Å². The van der Waals surface area contributed by atoms with Gasteiger partial charge in [0.2, 0.25) is 11.8 Å². The number of thiocarbonyl (C=S) groups is 1. The zero-order valence-corrected chi connectivity index (χ0v) is 13.9. The van der Waals surface area contributed by atoms with Gasteiger partial charge in [0.15, 0.2) is 10.7 Å². The van der Waals surface area contributed by atoms with Crippen molar-refractivity contribution < 1.29 is 14.0 Å². The van der Waals surface area contributed by atoms with Crippen molar-refractivity contribution in [2.75, 3.05) is 10.6 Å². The molecule has 0 aliphatic carbocycles. The zero-order chi connectivity index (χ0) is 17.0. The van der Waals surface area contributed by atoms with Crippen molar-refractivity contribution in [3.8, 4) is 0 Å². The van der Waals surface area contributed by atoms with Crippen LogP contribution in [0.4, 0.5) is 11.7 Å². The molecular weight excluding hydrogens is 316 g/mol. The molecule has 0 aliphatic rings. The molecule has 0 aliphatic heterocycles. The monoisotopic (exact) mass is 334 g/mol. The van der Waals surface area contributed by atoms with E-state index in [2.05, 4.69) is 20.9 Å². The van der Waals surface area contributed by atoms with E-state index >= 15 is 0 Å². The van der Waals surface area contributed by atoms with Gasteiger partial charge in [-0.25, -0.2) is 0 Å². The van der Waals surface area contributed by atoms with Crippen molar-refractivity contribution in [2.24, 2.45) is 5.92 Å². The highest BCUT2D eigenvalue weighted by molar-refractivity contribution is 7.80. The Hall–Kier alpha value is -2.48. The molecule has 0 saturated heterocycles. The number of anilines is 2. The fourth-order valence-corrected chi connectivity index (χ4v) is 2.14. The Bertz CT molecular complexity index is 754. The van der Waals surface area contributed by atoms with Crippen LogP contribution in [0, 0.1) is 5.92 Å². The lowest BCUT2D eigenvalue weighted by atomic mass is 10.1. The summed E-state index contributed by atoms with van der Waals surface area (Å²) in [5, 5.41) is 8.09. The lowest BCUT2D eigenvalue weighted by Crippen LogP contribution is -2.34. The van der Waals surface area contributed by atoms with Crippen molar-refractivity contribution in [3.05, 3.63) is 18.2 Å². The number of fused-ring (bicyclic) bond motifs is 1. The standard InChI is InChI=1S/C15H18N4O3S/c1-8(2)6-13(21)18-15(23)19-14-17-11-5-4-10(16-9(3)20)7-12(11)22-14/h4-5,7-8H,6H2,1-3H3,(H,16,20)(H2,17,18,19,21,23). The van der Waals surface area contributed by atoms with Crippen LogP contribution in [-0.4, -0.2) is 21.9 Å². The van der Waals surface area contributed by atoms with Crippen LogP contribution in [0.5, 0.6) is 0 Å². The number of amides is 2. The van der Waals surface area contributed by atoms with Gasteiger partial charge in [0.05, 0.1) is 0 Å². The van der Waals surface area contributed by atoms with Gasteiger partial charge >= 0.3 is 6.01 Å². The van der Waals surface area contributed by atoms with Crippen LogP contribution in [-0.2, 0) is 9.59 Å². The van der Waals surface area contributed by atoms with Crippen molar-refractivity contribution in [1.29, 1.82) is 0 Å². The van der Waals surface area contributed by atoms with E-state index in [1.165, 1.54) is 6.92 Å². The first-order valence-electron chi connectivity index (χ1n) is 7.12. The van der Waals surface area contributed by atoms with Gasteiger partial charge in [-0.3, -0.25) is 14.9 Å². The van der Waals surface area contributed by atoms with E-state index in [1.807, 2.05) is 13.8 Å². The van der Waals surface area contributed by atoms with Crippen LogP contribution in [0.2, 0.25) is 0 Å². The first-order chi connectivity index (χ1) is 10.8. The maximum absolute atomic E-state index is 11.6. The van der Waals surface area contributed by atoms with Gasteiger partial charge in [-0.15, -0.1) is 0 Å². The van der Waals surface area contributed by atoms with E-state index in [4.69, 9.17) is 16.6 Å². The molecule has 0 radical (unpaired) electrons. The third kappa shape index (κ3) is 5.03. The number of carbonyl (C=O) groups is 2. The minimum atomic E-state index is -0.170. The Morgan fingerprint density at radius 3 is 2.70 bits per heavy atom. The predicted octanol–water partition coefficient (Wildman–Crippen LogP) is 2.65. The fraction of sp³-hybridized carbons (Fsp3) is 0.333. The summed E-state index contributed by atoms with van der Waals surface area (Å²) in [4.78, 5) is 26.9. The maximum atomic E-state index is 11.6. The average Bonchev–Trinajstić information content (AvgIpc) is 2.77. The van der Waals surface area contributed by atoms with Gasteiger partial charge in [0.1, 0.15) is 5.52 Å². The fourth-order valence-electron chi connectivity index (χ4n) is 1.94. The number of nitrogens with one attached hydrogen (secondary N) is 3. The molecule has 0 saturated carbocycles. The highest BCUT2D eigenvalue weighted by Gasteiger charge is 2.11. The van der Waals surface area contributed by atoms with Crippen LogP contribution >= 0.6 is 12.2 Å². The highest BCUT2D eigenvalue weighted by atomic mass is 32.1. The van der Waals surface area contributed by atoms with E-state index in [0.717, 1.165) is 0 Å². The number of carbonyl (C=O) groups excluding carboxylic acids is 2. The lowest BCUT2D eigenvalue weighted by molar-refractivity contribution is -0.120. The van der Waals surface area contributed by atoms with Crippen molar-refractivity contribution >= 4 is 51.9 Å². The molecule has 0 bridgehead atoms. The van der Waals surface area contributed by atoms with E-state index in [1.54, 1.807) is 18.2 Å². The summed E-state index contributed by atoms with van der Waals surface area (Å²) >= 11 is 5.05. The smallest absolute Gasteiger partial charge is 0.302 e. The van der Waals surface area contributed by atoms with Gasteiger partial charge in [0.25, 0.3) is 0 Å². The van der Waals surface area contributed by atoms with E-state index in [9.17, 15) is 9.59 Å². The first kappa shape index (κ1) is 16.9. The third-order valence-corrected chi connectivity index (χ3v) is 2.98. The summed E-state index contributed by atoms with van der Waals surface area (Å²) in [5.41, 5.74) is 1.72. The molecule has 0 atom stereocenters. The van der Waals surface area contributed by atoms with Gasteiger partial charge in [-0.05, 0) is 30.3 Å². The molecule has 0 spiro atoms. The van der Waals surface area contributed by atoms with Crippen LogP contribution in [0.25, 0.3) is 11.1 Å². The molecule has 122 valence electrons. The number of oxazole rings is 1. The minimum Gasteiger partial charge on any atom is -0.423 e. The molecule has 0 fully saturated rings. The summed E-state index contributed by atoms with van der Waals surface area (Å²) < 4.78 is 5.51. The molecular formula is C15H18N4O3S. The largest absolute Gasteiger partial charge is 0.423 e. The molecule has 8 heteroatoms. The topological polar surface area (TPSA) is 96.3 Å². The Balaban J connectivity index is 2.04. The molecule has 7 nitrogen and oxygen atoms in total. The normalized spacial score (nSPS) is 10.6. The number of rotatable bonds is 4. The summed E-state index contributed by atoms with van der Waals surface area (Å²) in [5.74, 6) is -0.0906. The Labute approximate surface area is 138 Å². The van der Waals surface area contributed by atoms with Crippen molar-refractivity contribution in [1.82, 2.24) is 10.3 Å². The second-order valence-electron chi connectivity index (χ2n) is 5.48. The molecule has 2 rings (SSSR count). The summed E-state index contributed by atoms with van der Waals surface area (Å²) in [6.07, 6.45) is 0.384. The van der Waals surface area contributed by atoms with Crippen LogP contribution in [0.3, 0.4) is 0 Å². The summed E-state index contributed by atoms with van der Waals surface area (Å²) in [6, 6.07) is 5.28. The van der Waals surface area contributed by atoms with Crippen LogP contribution < -0.4 is 16.0 Å². The quantitative estimate of drug-likeness (QED) is 0.744. The van der Waals surface area contributed by atoms with Crippen LogP contribution in [0.1, 0.15) is 27.2 Å². The highest BCUT2D eigenvalue weighted by Crippen LogP contribution is 2.22. The molecule has 1 heterocycles. The number of hydrogen-bond acceptors (Lipinski definition) is 5. The van der Waals surface area contributed by atoms with E-state index < -0.39 is 0 Å². The average molecular weight is 334 g/mol. The van der Waals surface area contributed by atoms with Gasteiger partial charge in [0, 0.05) is 25.1 Å². The molecule has 2 aromatic rings. The Morgan fingerprint density at radius 2 is 2.04 bits per heavy atom. The first-order valence-corrected chi connectivity index (χ1v) is 7.53. The second-order valence-corrected chi connectivity index (χ2v) is 5.89. The Kier molecular flexibility index (Phi) is 5.28. The zero-order valence-electron chi connectivity index (χ0n) is 13.1. The summed E-state index contributed by atoms with van der Waals surface area (Å²) in [6.45, 7) is 5.32. The summed E-state index contributed by atoms with van der Waals surface area (Å²) in [7, 11) is 0.